The number of benzene rings is 2. The molecular formula is C21H19F6N3O2S. The Morgan fingerprint density at radius 2 is 1.58 bits per heavy atom. The van der Waals surface area contributed by atoms with Crippen LogP contribution in [-0.2, 0) is 28.9 Å². The van der Waals surface area contributed by atoms with E-state index in [0.29, 0.717) is 11.6 Å². The summed E-state index contributed by atoms with van der Waals surface area (Å²) in [6.45, 7) is 0.00125. The Hall–Kier alpha value is -2.60. The molecule has 0 radical (unpaired) electrons. The molecule has 2 heterocycles. The second-order valence-electron chi connectivity index (χ2n) is 7.91. The van der Waals surface area contributed by atoms with E-state index in [1.54, 1.807) is 18.2 Å². The molecule has 0 saturated carbocycles. The fourth-order valence-corrected chi connectivity index (χ4v) is 5.57. The topological polar surface area (TPSA) is 55.2 Å². The first-order valence-corrected chi connectivity index (χ1v) is 11.5. The summed E-state index contributed by atoms with van der Waals surface area (Å²) in [6, 6.07) is 9.76. The number of hydrogen-bond donors (Lipinski definition) is 0. The molecule has 178 valence electrons. The molecule has 33 heavy (non-hydrogen) atoms. The van der Waals surface area contributed by atoms with Gasteiger partial charge in [0.2, 0.25) is 15.8 Å². The van der Waals surface area contributed by atoms with E-state index in [-0.39, 0.29) is 43.9 Å². The molecule has 1 saturated heterocycles. The zero-order valence-corrected chi connectivity index (χ0v) is 17.9. The first-order valence-electron chi connectivity index (χ1n) is 10.1. The molecule has 5 nitrogen and oxygen atoms in total. The Balaban J connectivity index is 1.51. The van der Waals surface area contributed by atoms with Crippen LogP contribution in [0.25, 0.3) is 11.0 Å². The second kappa shape index (κ2) is 8.32. The van der Waals surface area contributed by atoms with Gasteiger partial charge in [-0.05, 0) is 49.1 Å². The lowest BCUT2D eigenvalue weighted by molar-refractivity contribution is -0.147. The van der Waals surface area contributed by atoms with Crippen molar-refractivity contribution in [2.45, 2.75) is 36.6 Å². The fraction of sp³-hybridized carbons (Fsp3) is 0.381. The highest BCUT2D eigenvalue weighted by Crippen LogP contribution is 2.35. The van der Waals surface area contributed by atoms with Gasteiger partial charge in [-0.3, -0.25) is 0 Å². The maximum Gasteiger partial charge on any atom is 0.449 e. The summed E-state index contributed by atoms with van der Waals surface area (Å²) in [5, 5.41) is 0. The molecule has 1 aliphatic heterocycles. The van der Waals surface area contributed by atoms with Crippen molar-refractivity contribution in [2.24, 2.45) is 5.92 Å². The van der Waals surface area contributed by atoms with Crippen LogP contribution in [0.4, 0.5) is 26.3 Å². The van der Waals surface area contributed by atoms with E-state index in [1.807, 2.05) is 0 Å². The van der Waals surface area contributed by atoms with Crippen molar-refractivity contribution in [3.63, 3.8) is 0 Å². The van der Waals surface area contributed by atoms with E-state index in [2.05, 4.69) is 4.98 Å². The van der Waals surface area contributed by atoms with Crippen molar-refractivity contribution in [2.75, 3.05) is 13.1 Å². The lowest BCUT2D eigenvalue weighted by Crippen LogP contribution is -2.39. The average Bonchev–Trinajstić information content (AvgIpc) is 3.13. The van der Waals surface area contributed by atoms with E-state index in [0.717, 1.165) is 27.1 Å². The van der Waals surface area contributed by atoms with Crippen LogP contribution in [-0.4, -0.2) is 35.4 Å². The smallest absolute Gasteiger partial charge is 0.320 e. The van der Waals surface area contributed by atoms with Crippen molar-refractivity contribution in [1.29, 1.82) is 0 Å². The van der Waals surface area contributed by atoms with Crippen LogP contribution in [0.2, 0.25) is 0 Å². The third kappa shape index (κ3) is 4.72. The maximum absolute atomic E-state index is 13.5. The molecule has 0 atom stereocenters. The second-order valence-corrected chi connectivity index (χ2v) is 9.84. The molecule has 12 heteroatoms. The zero-order chi connectivity index (χ0) is 24.0. The fourth-order valence-electron chi connectivity index (χ4n) is 4.05. The van der Waals surface area contributed by atoms with Crippen LogP contribution < -0.4 is 0 Å². The molecule has 0 bridgehead atoms. The highest BCUT2D eigenvalue weighted by molar-refractivity contribution is 7.89. The Labute approximate surface area is 185 Å². The minimum absolute atomic E-state index is 0.00275. The zero-order valence-electron chi connectivity index (χ0n) is 17.1. The first-order chi connectivity index (χ1) is 15.4. The van der Waals surface area contributed by atoms with Crippen molar-refractivity contribution < 1.29 is 34.8 Å². The van der Waals surface area contributed by atoms with Crippen LogP contribution in [0.3, 0.4) is 0 Å². The Bertz CT molecular complexity index is 1260. The first kappa shape index (κ1) is 23.6. The van der Waals surface area contributed by atoms with E-state index in [1.165, 1.54) is 6.07 Å². The molecule has 1 aromatic heterocycles. The highest BCUT2D eigenvalue weighted by atomic mass is 32.2. The molecule has 0 aliphatic carbocycles. The molecular weight excluding hydrogens is 472 g/mol. The SMILES string of the molecule is O=S(=O)(c1cccc(C(F)(F)F)c1)N1CCC(Cn2c(C(F)(F)F)nc3ccccc32)CC1. The summed E-state index contributed by atoms with van der Waals surface area (Å²) >= 11 is 0. The van der Waals surface area contributed by atoms with Crippen LogP contribution >= 0.6 is 0 Å². The number of rotatable bonds is 4. The van der Waals surface area contributed by atoms with Gasteiger partial charge in [-0.25, -0.2) is 13.4 Å². The number of fused-ring (bicyclic) bond motifs is 1. The summed E-state index contributed by atoms with van der Waals surface area (Å²) in [5.41, 5.74) is -0.511. The molecule has 0 unspecified atom stereocenters. The van der Waals surface area contributed by atoms with Crippen molar-refractivity contribution in [1.82, 2.24) is 13.9 Å². The van der Waals surface area contributed by atoms with E-state index in [9.17, 15) is 34.8 Å². The van der Waals surface area contributed by atoms with E-state index in [4.69, 9.17) is 0 Å². The molecule has 0 amide bonds. The molecule has 1 fully saturated rings. The maximum atomic E-state index is 13.5. The van der Waals surface area contributed by atoms with Crippen molar-refractivity contribution in [3.05, 3.63) is 59.9 Å². The Morgan fingerprint density at radius 1 is 0.909 bits per heavy atom. The highest BCUT2D eigenvalue weighted by Gasteiger charge is 2.39. The number of aromatic nitrogens is 2. The van der Waals surface area contributed by atoms with Gasteiger partial charge in [0.15, 0.2) is 0 Å². The molecule has 1 aliphatic rings. The van der Waals surface area contributed by atoms with Gasteiger partial charge in [0.05, 0.1) is 21.5 Å². The minimum Gasteiger partial charge on any atom is -0.320 e. The van der Waals surface area contributed by atoms with Gasteiger partial charge in [-0.1, -0.05) is 18.2 Å². The van der Waals surface area contributed by atoms with Gasteiger partial charge in [-0.15, -0.1) is 0 Å². The van der Waals surface area contributed by atoms with Crippen LogP contribution in [0.5, 0.6) is 0 Å². The number of para-hydroxylation sites is 2. The van der Waals surface area contributed by atoms with E-state index < -0.39 is 38.7 Å². The standard InChI is InChI=1S/C21H19F6N3O2S/c22-20(23,24)15-4-3-5-16(12-15)33(31,32)29-10-8-14(9-11-29)13-30-18-7-2-1-6-17(18)28-19(30)21(25,26)27/h1-7,12,14H,8-11,13H2. The van der Waals surface area contributed by atoms with E-state index >= 15 is 0 Å². The third-order valence-corrected chi connectivity index (χ3v) is 7.62. The summed E-state index contributed by atoms with van der Waals surface area (Å²) in [6.07, 6.45) is -8.79. The Kier molecular flexibility index (Phi) is 5.94. The van der Waals surface area contributed by atoms with Crippen LogP contribution in [0, 0.1) is 5.92 Å². The lowest BCUT2D eigenvalue weighted by atomic mass is 9.98. The number of alkyl halides is 6. The molecule has 4 rings (SSSR count). The number of imidazole rings is 1. The molecule has 0 spiro atoms. The molecule has 2 aromatic carbocycles. The number of sulfonamides is 1. The lowest BCUT2D eigenvalue weighted by Gasteiger charge is -2.32. The minimum atomic E-state index is -4.68. The van der Waals surface area contributed by atoms with Crippen LogP contribution in [0.15, 0.2) is 53.4 Å². The van der Waals surface area contributed by atoms with Gasteiger partial charge < -0.3 is 4.57 Å². The summed E-state index contributed by atoms with van der Waals surface area (Å²) < 4.78 is 107. The number of nitrogens with zero attached hydrogens (tertiary/aromatic N) is 3. The quantitative estimate of drug-likeness (QED) is 0.473. The average molecular weight is 491 g/mol. The normalized spacial score (nSPS) is 17.0. The molecule has 3 aromatic rings. The van der Waals surface area contributed by atoms with Gasteiger partial charge in [0.25, 0.3) is 0 Å². The van der Waals surface area contributed by atoms with Gasteiger partial charge >= 0.3 is 12.4 Å². The van der Waals surface area contributed by atoms with Gasteiger partial charge in [0.1, 0.15) is 0 Å². The number of piperidine rings is 1. The summed E-state index contributed by atoms with van der Waals surface area (Å²) in [4.78, 5) is 3.25. The predicted molar refractivity (Wildman–Crippen MR) is 108 cm³/mol. The summed E-state index contributed by atoms with van der Waals surface area (Å²) in [7, 11) is -4.16. The monoisotopic (exact) mass is 491 g/mol. The van der Waals surface area contributed by atoms with Gasteiger partial charge in [-0.2, -0.15) is 30.6 Å². The Morgan fingerprint density at radius 3 is 2.21 bits per heavy atom. The van der Waals surface area contributed by atoms with Crippen molar-refractivity contribution >= 4 is 21.1 Å². The van der Waals surface area contributed by atoms with Crippen molar-refractivity contribution in [3.8, 4) is 0 Å². The third-order valence-electron chi connectivity index (χ3n) is 5.72. The number of hydrogen-bond acceptors (Lipinski definition) is 3. The number of halogens is 6. The van der Waals surface area contributed by atoms with Crippen LogP contribution in [0.1, 0.15) is 24.2 Å². The summed E-state index contributed by atoms with van der Waals surface area (Å²) in [5.74, 6) is -1.26. The van der Waals surface area contributed by atoms with Gasteiger partial charge in [0, 0.05) is 19.6 Å². The predicted octanol–water partition coefficient (Wildman–Crippen LogP) is 5.17. The largest absolute Gasteiger partial charge is 0.449 e. The molecule has 0 N–H and O–H groups in total.